The van der Waals surface area contributed by atoms with E-state index in [1.54, 1.807) is 18.2 Å². The van der Waals surface area contributed by atoms with Crippen LogP contribution in [0.1, 0.15) is 11.1 Å². The Morgan fingerprint density at radius 1 is 1.33 bits per heavy atom. The summed E-state index contributed by atoms with van der Waals surface area (Å²) in [6.07, 6.45) is 0. The van der Waals surface area contributed by atoms with Crippen molar-refractivity contribution in [1.82, 2.24) is 10.0 Å². The molecule has 6 nitrogen and oxygen atoms in total. The maximum absolute atomic E-state index is 11.7. The van der Waals surface area contributed by atoms with Gasteiger partial charge in [-0.15, -0.1) is 0 Å². The van der Waals surface area contributed by atoms with Gasteiger partial charge in [0.15, 0.2) is 0 Å². The van der Waals surface area contributed by atoms with Crippen LogP contribution in [-0.4, -0.2) is 27.9 Å². The average Bonchev–Trinajstić information content (AvgIpc) is 2.35. The molecule has 1 amide bonds. The average molecular weight is 271 g/mol. The molecule has 0 saturated heterocycles. The number of carbonyl (C=O) groups is 1. The maximum atomic E-state index is 11.7. The molecule has 18 heavy (non-hydrogen) atoms. The number of sulfonamides is 1. The molecule has 100 valence electrons. The van der Waals surface area contributed by atoms with Crippen molar-refractivity contribution >= 4 is 15.9 Å². The number of hydrogen-bond donors (Lipinski definition) is 3. The first-order valence-electron chi connectivity index (χ1n) is 5.42. The zero-order chi connectivity index (χ0) is 13.6. The lowest BCUT2D eigenvalue weighted by Gasteiger charge is -2.07. The van der Waals surface area contributed by atoms with E-state index in [1.807, 2.05) is 6.07 Å². The highest BCUT2D eigenvalue weighted by Gasteiger charge is 2.12. The molecule has 1 rings (SSSR count). The van der Waals surface area contributed by atoms with Crippen molar-refractivity contribution in [2.75, 3.05) is 13.6 Å². The van der Waals surface area contributed by atoms with E-state index in [4.69, 9.17) is 5.73 Å². The first-order chi connectivity index (χ1) is 8.46. The normalized spacial score (nSPS) is 11.2. The van der Waals surface area contributed by atoms with Crippen LogP contribution in [0.25, 0.3) is 0 Å². The second kappa shape index (κ2) is 6.48. The first kappa shape index (κ1) is 14.6. The molecular weight excluding hydrogens is 254 g/mol. The Morgan fingerprint density at radius 2 is 2.00 bits per heavy atom. The number of nitrogens with one attached hydrogen (secondary N) is 2. The second-order valence-corrected chi connectivity index (χ2v) is 5.58. The van der Waals surface area contributed by atoms with Crippen LogP contribution in [0, 0.1) is 0 Å². The largest absolute Gasteiger partial charge is 0.358 e. The van der Waals surface area contributed by atoms with Crippen molar-refractivity contribution in [3.05, 3.63) is 35.4 Å². The first-order valence-corrected chi connectivity index (χ1v) is 7.08. The maximum Gasteiger partial charge on any atom is 0.234 e. The van der Waals surface area contributed by atoms with Gasteiger partial charge in [0.2, 0.25) is 15.9 Å². The van der Waals surface area contributed by atoms with Gasteiger partial charge in [-0.05, 0) is 11.1 Å². The molecule has 0 heterocycles. The third-order valence-corrected chi connectivity index (χ3v) is 3.61. The van der Waals surface area contributed by atoms with Gasteiger partial charge >= 0.3 is 0 Å². The van der Waals surface area contributed by atoms with Gasteiger partial charge in [0, 0.05) is 13.6 Å². The van der Waals surface area contributed by atoms with E-state index in [2.05, 4.69) is 10.0 Å². The van der Waals surface area contributed by atoms with Crippen molar-refractivity contribution in [2.45, 2.75) is 12.3 Å². The Bertz CT molecular complexity index is 514. The molecular formula is C11H17N3O3S. The Morgan fingerprint density at radius 3 is 2.61 bits per heavy atom. The van der Waals surface area contributed by atoms with Crippen molar-refractivity contribution in [3.63, 3.8) is 0 Å². The Hall–Kier alpha value is -1.44. The SMILES string of the molecule is CNC(=O)CNS(=O)(=O)Cc1cccc(CN)c1. The highest BCUT2D eigenvalue weighted by molar-refractivity contribution is 7.88. The third-order valence-electron chi connectivity index (χ3n) is 2.32. The van der Waals surface area contributed by atoms with E-state index in [0.717, 1.165) is 5.56 Å². The number of hydrogen-bond acceptors (Lipinski definition) is 4. The van der Waals surface area contributed by atoms with Crippen molar-refractivity contribution in [3.8, 4) is 0 Å². The van der Waals surface area contributed by atoms with Crippen LogP contribution in [0.5, 0.6) is 0 Å². The lowest BCUT2D eigenvalue weighted by Crippen LogP contribution is -2.35. The van der Waals surface area contributed by atoms with Crippen molar-refractivity contribution < 1.29 is 13.2 Å². The van der Waals surface area contributed by atoms with E-state index in [9.17, 15) is 13.2 Å². The summed E-state index contributed by atoms with van der Waals surface area (Å²) in [6.45, 7) is 0.106. The van der Waals surface area contributed by atoms with Crippen molar-refractivity contribution in [2.24, 2.45) is 5.73 Å². The minimum Gasteiger partial charge on any atom is -0.358 e. The second-order valence-electron chi connectivity index (χ2n) is 3.78. The highest BCUT2D eigenvalue weighted by Crippen LogP contribution is 2.08. The number of nitrogens with two attached hydrogens (primary N) is 1. The molecule has 0 aliphatic rings. The predicted molar refractivity (Wildman–Crippen MR) is 69.0 cm³/mol. The molecule has 4 N–H and O–H groups in total. The van der Waals surface area contributed by atoms with E-state index < -0.39 is 10.0 Å². The zero-order valence-electron chi connectivity index (χ0n) is 10.1. The summed E-state index contributed by atoms with van der Waals surface area (Å²) in [5, 5.41) is 2.34. The summed E-state index contributed by atoms with van der Waals surface area (Å²) in [5.74, 6) is -0.549. The van der Waals surface area contributed by atoms with Crippen LogP contribution in [0.3, 0.4) is 0 Å². The molecule has 0 saturated carbocycles. The molecule has 1 aromatic rings. The fourth-order valence-electron chi connectivity index (χ4n) is 1.38. The van der Waals surface area contributed by atoms with Gasteiger partial charge in [-0.25, -0.2) is 13.1 Å². The zero-order valence-corrected chi connectivity index (χ0v) is 11.0. The van der Waals surface area contributed by atoms with Gasteiger partial charge in [0.05, 0.1) is 12.3 Å². The summed E-state index contributed by atoms with van der Waals surface area (Å²) in [7, 11) is -2.07. The monoisotopic (exact) mass is 271 g/mol. The van der Waals surface area contributed by atoms with Gasteiger partial charge in [-0.3, -0.25) is 4.79 Å². The van der Waals surface area contributed by atoms with Crippen LogP contribution in [0.2, 0.25) is 0 Å². The van der Waals surface area contributed by atoms with Crippen LogP contribution in [-0.2, 0) is 27.1 Å². The Balaban J connectivity index is 2.67. The standard InChI is InChI=1S/C11H17N3O3S/c1-13-11(15)7-14-18(16,17)8-10-4-2-3-9(5-10)6-12/h2-5,14H,6-8,12H2,1H3,(H,13,15). The van der Waals surface area contributed by atoms with Gasteiger partial charge < -0.3 is 11.1 Å². The molecule has 0 bridgehead atoms. The molecule has 0 aliphatic heterocycles. The fourth-order valence-corrected chi connectivity index (χ4v) is 2.45. The molecule has 0 aromatic heterocycles. The van der Waals surface area contributed by atoms with Crippen LogP contribution in [0.15, 0.2) is 24.3 Å². The molecule has 0 aliphatic carbocycles. The minimum absolute atomic E-state index is 0.169. The molecule has 0 unspecified atom stereocenters. The lowest BCUT2D eigenvalue weighted by molar-refractivity contribution is -0.119. The Kier molecular flexibility index (Phi) is 5.26. The number of rotatable bonds is 6. The smallest absolute Gasteiger partial charge is 0.234 e. The van der Waals surface area contributed by atoms with Crippen molar-refractivity contribution in [1.29, 1.82) is 0 Å². The van der Waals surface area contributed by atoms with E-state index in [0.29, 0.717) is 12.1 Å². The molecule has 0 atom stereocenters. The molecule has 0 spiro atoms. The number of amides is 1. The fraction of sp³-hybridized carbons (Fsp3) is 0.364. The topological polar surface area (TPSA) is 101 Å². The van der Waals surface area contributed by atoms with Gasteiger partial charge in [-0.2, -0.15) is 0 Å². The van der Waals surface area contributed by atoms with Gasteiger partial charge in [-0.1, -0.05) is 24.3 Å². The molecule has 0 radical (unpaired) electrons. The summed E-state index contributed by atoms with van der Waals surface area (Å²) < 4.78 is 25.6. The van der Waals surface area contributed by atoms with E-state index >= 15 is 0 Å². The quantitative estimate of drug-likeness (QED) is 0.637. The van der Waals surface area contributed by atoms with Gasteiger partial charge in [0.25, 0.3) is 0 Å². The Labute approximate surface area is 107 Å². The van der Waals surface area contributed by atoms with Crippen LogP contribution in [0.4, 0.5) is 0 Å². The van der Waals surface area contributed by atoms with E-state index in [-0.39, 0.29) is 18.2 Å². The number of carbonyl (C=O) groups excluding carboxylic acids is 1. The number of likely N-dealkylation sites (N-methyl/N-ethyl adjacent to an activating group) is 1. The highest BCUT2D eigenvalue weighted by atomic mass is 32.2. The van der Waals surface area contributed by atoms with Crippen LogP contribution >= 0.6 is 0 Å². The van der Waals surface area contributed by atoms with E-state index in [1.165, 1.54) is 7.05 Å². The summed E-state index contributed by atoms with van der Waals surface area (Å²) in [5.41, 5.74) is 6.99. The summed E-state index contributed by atoms with van der Waals surface area (Å²) in [4.78, 5) is 11.0. The molecule has 0 fully saturated rings. The molecule has 7 heteroatoms. The minimum atomic E-state index is -3.52. The summed E-state index contributed by atoms with van der Waals surface area (Å²) >= 11 is 0. The molecule has 1 aromatic carbocycles. The third kappa shape index (κ3) is 4.82. The number of benzene rings is 1. The van der Waals surface area contributed by atoms with Crippen LogP contribution < -0.4 is 15.8 Å². The lowest BCUT2D eigenvalue weighted by atomic mass is 10.1. The van der Waals surface area contributed by atoms with Gasteiger partial charge in [0.1, 0.15) is 0 Å². The summed E-state index contributed by atoms with van der Waals surface area (Å²) in [6, 6.07) is 7.03. The predicted octanol–water partition coefficient (Wildman–Crippen LogP) is -0.689.